The molecule has 0 N–H and O–H groups in total. The Morgan fingerprint density at radius 2 is 1.83 bits per heavy atom. The van der Waals surface area contributed by atoms with Crippen molar-refractivity contribution in [1.29, 1.82) is 0 Å². The van der Waals surface area contributed by atoms with Crippen LogP contribution >= 0.6 is 23.4 Å². The van der Waals surface area contributed by atoms with Crippen molar-refractivity contribution in [2.24, 2.45) is 0 Å². The van der Waals surface area contributed by atoms with E-state index in [1.807, 2.05) is 36.4 Å². The molecule has 7 nitrogen and oxygen atoms in total. The van der Waals surface area contributed by atoms with E-state index in [4.69, 9.17) is 21.1 Å². The number of ether oxygens (including phenoxy) is 3. The average Bonchev–Trinajstić information content (AvgIpc) is 3.14. The molecule has 0 saturated carbocycles. The summed E-state index contributed by atoms with van der Waals surface area (Å²) < 4.78 is 16.1. The minimum absolute atomic E-state index is 0.161. The summed E-state index contributed by atoms with van der Waals surface area (Å²) in [6.45, 7) is 1.72. The lowest BCUT2D eigenvalue weighted by molar-refractivity contribution is -0.148. The number of esters is 1. The molecule has 0 aliphatic carbocycles. The Morgan fingerprint density at radius 3 is 2.54 bits per heavy atom. The lowest BCUT2D eigenvalue weighted by Crippen LogP contribution is -2.42. The van der Waals surface area contributed by atoms with Gasteiger partial charge in [-0.15, -0.1) is 0 Å². The zero-order chi connectivity index (χ0) is 25.1. The molecule has 0 bridgehead atoms. The molecule has 180 valence electrons. The molecule has 1 saturated heterocycles. The molecule has 35 heavy (non-hydrogen) atoms. The van der Waals surface area contributed by atoms with E-state index < -0.39 is 23.2 Å². The number of imide groups is 1. The van der Waals surface area contributed by atoms with Crippen molar-refractivity contribution < 1.29 is 28.6 Å². The summed E-state index contributed by atoms with van der Waals surface area (Å²) in [7, 11) is 2.69. The highest BCUT2D eigenvalue weighted by Gasteiger charge is 2.41. The maximum atomic E-state index is 12.8. The molecule has 1 aliphatic heterocycles. The Balaban J connectivity index is 1.55. The van der Waals surface area contributed by atoms with Crippen LogP contribution in [0.15, 0.2) is 59.5 Å². The van der Waals surface area contributed by atoms with Crippen molar-refractivity contribution in [3.05, 3.63) is 75.7 Å². The molecule has 3 aromatic carbocycles. The standard InChI is InChI=1S/C26H22ClNO6S/c1-15(25(30)33-3)28-24(29)22(35-26(28)31)13-17-11-20(27)23(21(12-17)32-2)34-14-16-8-9-18-6-4-5-7-19(18)10-16/h4-13,15H,14H2,1-3H3/b22-13+/t15-/m1/s1. The average molecular weight is 512 g/mol. The van der Waals surface area contributed by atoms with Crippen molar-refractivity contribution in [2.75, 3.05) is 14.2 Å². The zero-order valence-electron chi connectivity index (χ0n) is 19.2. The van der Waals surface area contributed by atoms with Gasteiger partial charge in [0.05, 0.1) is 24.1 Å². The van der Waals surface area contributed by atoms with Gasteiger partial charge >= 0.3 is 5.97 Å². The van der Waals surface area contributed by atoms with Crippen LogP contribution in [-0.2, 0) is 20.9 Å². The maximum absolute atomic E-state index is 12.8. The van der Waals surface area contributed by atoms with Crippen molar-refractivity contribution in [1.82, 2.24) is 4.90 Å². The molecular formula is C26H22ClNO6S. The monoisotopic (exact) mass is 511 g/mol. The number of halogens is 1. The first-order chi connectivity index (χ1) is 16.8. The van der Waals surface area contributed by atoms with Gasteiger partial charge in [-0.3, -0.25) is 14.5 Å². The van der Waals surface area contributed by atoms with Crippen LogP contribution < -0.4 is 9.47 Å². The van der Waals surface area contributed by atoms with Gasteiger partial charge in [0.15, 0.2) is 11.5 Å². The molecular weight excluding hydrogens is 490 g/mol. The molecule has 9 heteroatoms. The summed E-state index contributed by atoms with van der Waals surface area (Å²) in [4.78, 5) is 37.9. The van der Waals surface area contributed by atoms with Gasteiger partial charge in [0.25, 0.3) is 11.1 Å². The number of hydrogen-bond acceptors (Lipinski definition) is 7. The second-order valence-electron chi connectivity index (χ2n) is 7.76. The van der Waals surface area contributed by atoms with Crippen LogP contribution in [0.2, 0.25) is 5.02 Å². The van der Waals surface area contributed by atoms with Crippen molar-refractivity contribution in [2.45, 2.75) is 19.6 Å². The van der Waals surface area contributed by atoms with Crippen LogP contribution in [0, 0.1) is 0 Å². The summed E-state index contributed by atoms with van der Waals surface area (Å²) in [6, 6.07) is 16.4. The van der Waals surface area contributed by atoms with Gasteiger partial charge in [0.1, 0.15) is 12.6 Å². The number of benzene rings is 3. The quantitative estimate of drug-likeness (QED) is 0.298. The number of methoxy groups -OCH3 is 2. The van der Waals surface area contributed by atoms with E-state index in [1.165, 1.54) is 27.2 Å². The number of nitrogens with zero attached hydrogens (tertiary/aromatic N) is 1. The van der Waals surface area contributed by atoms with Gasteiger partial charge in [0, 0.05) is 0 Å². The number of hydrogen-bond donors (Lipinski definition) is 0. The minimum Gasteiger partial charge on any atom is -0.493 e. The second kappa shape index (κ2) is 10.4. The SMILES string of the molecule is COC(=O)[C@@H](C)N1C(=O)S/C(=C/c2cc(Cl)c(OCc3ccc4ccccc4c3)c(OC)c2)C1=O. The molecule has 0 aromatic heterocycles. The third kappa shape index (κ3) is 5.13. The number of carbonyl (C=O) groups excluding carboxylic acids is 3. The lowest BCUT2D eigenvalue weighted by atomic mass is 10.1. The number of fused-ring (bicyclic) bond motifs is 1. The van der Waals surface area contributed by atoms with E-state index in [1.54, 1.807) is 12.1 Å². The van der Waals surface area contributed by atoms with Gasteiger partial charge in [-0.1, -0.05) is 48.0 Å². The van der Waals surface area contributed by atoms with Crippen LogP contribution in [0.5, 0.6) is 11.5 Å². The molecule has 1 heterocycles. The van der Waals surface area contributed by atoms with Gasteiger partial charge in [-0.2, -0.15) is 0 Å². The molecule has 0 radical (unpaired) electrons. The van der Waals surface area contributed by atoms with Crippen LogP contribution in [0.25, 0.3) is 16.8 Å². The lowest BCUT2D eigenvalue weighted by Gasteiger charge is -2.18. The fourth-order valence-corrected chi connectivity index (χ4v) is 4.87. The van der Waals surface area contributed by atoms with Gasteiger partial charge in [0.2, 0.25) is 0 Å². The smallest absolute Gasteiger partial charge is 0.328 e. The van der Waals surface area contributed by atoms with E-state index in [0.29, 0.717) is 22.1 Å². The second-order valence-corrected chi connectivity index (χ2v) is 9.16. The Bertz CT molecular complexity index is 1350. The largest absolute Gasteiger partial charge is 0.493 e. The number of amides is 2. The van der Waals surface area contributed by atoms with Crippen LogP contribution in [0.4, 0.5) is 4.79 Å². The van der Waals surface area contributed by atoms with Crippen LogP contribution in [-0.4, -0.2) is 42.3 Å². The highest BCUT2D eigenvalue weighted by Crippen LogP contribution is 2.39. The summed E-state index contributed by atoms with van der Waals surface area (Å²) in [6.07, 6.45) is 1.52. The van der Waals surface area contributed by atoms with Crippen molar-refractivity contribution >= 4 is 57.3 Å². The van der Waals surface area contributed by atoms with Crippen LogP contribution in [0.1, 0.15) is 18.1 Å². The highest BCUT2D eigenvalue weighted by atomic mass is 35.5. The molecule has 1 aliphatic rings. The summed E-state index contributed by atoms with van der Waals surface area (Å²) in [5.74, 6) is -0.505. The van der Waals surface area contributed by atoms with E-state index in [0.717, 1.165) is 33.0 Å². The van der Waals surface area contributed by atoms with Gasteiger partial charge < -0.3 is 14.2 Å². The zero-order valence-corrected chi connectivity index (χ0v) is 20.8. The highest BCUT2D eigenvalue weighted by molar-refractivity contribution is 8.18. The third-order valence-electron chi connectivity index (χ3n) is 5.50. The molecule has 1 atom stereocenters. The molecule has 0 unspecified atom stereocenters. The normalized spacial score (nSPS) is 15.5. The van der Waals surface area contributed by atoms with Crippen LogP contribution in [0.3, 0.4) is 0 Å². The fourth-order valence-electron chi connectivity index (χ4n) is 3.69. The molecule has 3 aromatic rings. The summed E-state index contributed by atoms with van der Waals surface area (Å²) in [5, 5.41) is 1.99. The van der Waals surface area contributed by atoms with E-state index in [-0.39, 0.29) is 11.5 Å². The Morgan fingerprint density at radius 1 is 1.09 bits per heavy atom. The topological polar surface area (TPSA) is 82.1 Å². The first-order valence-electron chi connectivity index (χ1n) is 10.6. The summed E-state index contributed by atoms with van der Waals surface area (Å²) >= 11 is 7.24. The summed E-state index contributed by atoms with van der Waals surface area (Å²) in [5.41, 5.74) is 1.51. The first kappa shape index (κ1) is 24.6. The van der Waals surface area contributed by atoms with Crippen molar-refractivity contribution in [3.8, 4) is 11.5 Å². The minimum atomic E-state index is -1.03. The Kier molecular flexibility index (Phi) is 7.33. The fraction of sp³-hybridized carbons (Fsp3) is 0.192. The van der Waals surface area contributed by atoms with E-state index in [2.05, 4.69) is 10.8 Å². The predicted molar refractivity (Wildman–Crippen MR) is 136 cm³/mol. The molecule has 1 fully saturated rings. The molecule has 2 amide bonds. The first-order valence-corrected chi connectivity index (χ1v) is 11.8. The molecule has 0 spiro atoms. The van der Waals surface area contributed by atoms with E-state index in [9.17, 15) is 14.4 Å². The van der Waals surface area contributed by atoms with Gasteiger partial charge in [-0.05, 0) is 64.9 Å². The Labute approximate surface area is 211 Å². The maximum Gasteiger partial charge on any atom is 0.328 e. The number of carbonyl (C=O) groups is 3. The van der Waals surface area contributed by atoms with Crippen molar-refractivity contribution in [3.63, 3.8) is 0 Å². The molecule has 4 rings (SSSR count). The number of rotatable bonds is 7. The Hall–Kier alpha value is -3.49. The predicted octanol–water partition coefficient (Wildman–Crippen LogP) is 5.68. The van der Waals surface area contributed by atoms with Gasteiger partial charge in [-0.25, -0.2) is 4.79 Å². The van der Waals surface area contributed by atoms with E-state index >= 15 is 0 Å². The number of thioether (sulfide) groups is 1. The third-order valence-corrected chi connectivity index (χ3v) is 6.66.